The van der Waals surface area contributed by atoms with E-state index in [2.05, 4.69) is 26.1 Å². The first kappa shape index (κ1) is 12.8. The maximum atomic E-state index is 13.8. The smallest absolute Gasteiger partial charge is 0.144 e. The molecule has 0 atom stereocenters. The van der Waals surface area contributed by atoms with Crippen LogP contribution in [0.3, 0.4) is 0 Å². The number of rotatable bonds is 3. The molecule has 0 unspecified atom stereocenters. The van der Waals surface area contributed by atoms with E-state index in [4.69, 9.17) is 0 Å². The second-order valence-electron chi connectivity index (χ2n) is 4.21. The van der Waals surface area contributed by atoms with Gasteiger partial charge in [0.05, 0.1) is 4.47 Å². The molecule has 0 aromatic heterocycles. The lowest BCUT2D eigenvalue weighted by Gasteiger charge is -2.27. The van der Waals surface area contributed by atoms with Crippen LogP contribution in [0.25, 0.3) is 0 Å². The summed E-state index contributed by atoms with van der Waals surface area (Å²) in [5, 5.41) is 12.6. The molecule has 2 N–H and O–H groups in total. The molecule has 3 nitrogen and oxygen atoms in total. The molecule has 0 amide bonds. The van der Waals surface area contributed by atoms with Crippen molar-refractivity contribution in [3.63, 3.8) is 0 Å². The van der Waals surface area contributed by atoms with Crippen LogP contribution in [0, 0.1) is 5.82 Å². The second-order valence-corrected chi connectivity index (χ2v) is 5.01. The summed E-state index contributed by atoms with van der Waals surface area (Å²) in [5.74, 6) is -0.395. The zero-order valence-electron chi connectivity index (χ0n) is 9.55. The van der Waals surface area contributed by atoms with Crippen LogP contribution in [-0.4, -0.2) is 42.7 Å². The van der Waals surface area contributed by atoms with Crippen molar-refractivity contribution in [1.29, 1.82) is 0 Å². The molecule has 0 aliphatic carbocycles. The van der Waals surface area contributed by atoms with Gasteiger partial charge in [0.15, 0.2) is 0 Å². The summed E-state index contributed by atoms with van der Waals surface area (Å²) in [4.78, 5) is 2.32. The van der Waals surface area contributed by atoms with Crippen LogP contribution in [0.15, 0.2) is 16.6 Å². The predicted octanol–water partition coefficient (Wildman–Crippen LogP) is 1.74. The largest absolute Gasteiger partial charge is 0.507 e. The lowest BCUT2D eigenvalue weighted by atomic mass is 10.1. The van der Waals surface area contributed by atoms with Gasteiger partial charge < -0.3 is 15.3 Å². The molecule has 0 spiro atoms. The van der Waals surface area contributed by atoms with Crippen molar-refractivity contribution in [3.05, 3.63) is 28.0 Å². The highest BCUT2D eigenvalue weighted by Gasteiger charge is 2.13. The average molecular weight is 303 g/mol. The number of halogens is 2. The molecular formula is C12H16BrFN2O. The third-order valence-electron chi connectivity index (χ3n) is 3.05. The zero-order chi connectivity index (χ0) is 12.3. The minimum atomic E-state index is -0.347. The topological polar surface area (TPSA) is 35.5 Å². The van der Waals surface area contributed by atoms with Crippen LogP contribution in [-0.2, 0) is 6.42 Å². The van der Waals surface area contributed by atoms with Crippen LogP contribution in [0.1, 0.15) is 5.56 Å². The Hall–Kier alpha value is -0.650. The van der Waals surface area contributed by atoms with Crippen LogP contribution in [0.2, 0.25) is 0 Å². The summed E-state index contributed by atoms with van der Waals surface area (Å²) < 4.78 is 13.9. The first-order chi connectivity index (χ1) is 8.18. The van der Waals surface area contributed by atoms with E-state index in [0.717, 1.165) is 32.7 Å². The number of nitrogens with zero attached hydrogens (tertiary/aromatic N) is 1. The SMILES string of the molecule is Oc1ccc(CCN2CCNCC2)c(F)c1Br. The molecule has 0 bridgehead atoms. The van der Waals surface area contributed by atoms with Crippen LogP contribution < -0.4 is 5.32 Å². The van der Waals surface area contributed by atoms with E-state index in [1.54, 1.807) is 6.07 Å². The van der Waals surface area contributed by atoms with Crippen molar-refractivity contribution in [2.45, 2.75) is 6.42 Å². The van der Waals surface area contributed by atoms with Gasteiger partial charge in [-0.25, -0.2) is 4.39 Å². The third kappa shape index (κ3) is 3.18. The molecule has 1 aromatic carbocycles. The van der Waals surface area contributed by atoms with Gasteiger partial charge in [-0.05, 0) is 34.0 Å². The van der Waals surface area contributed by atoms with Crippen molar-refractivity contribution in [3.8, 4) is 5.75 Å². The van der Waals surface area contributed by atoms with E-state index >= 15 is 0 Å². The molecule has 1 saturated heterocycles. The fraction of sp³-hybridized carbons (Fsp3) is 0.500. The molecule has 1 heterocycles. The maximum Gasteiger partial charge on any atom is 0.144 e. The molecule has 5 heteroatoms. The van der Waals surface area contributed by atoms with Crippen LogP contribution >= 0.6 is 15.9 Å². The summed E-state index contributed by atoms with van der Waals surface area (Å²) in [7, 11) is 0. The van der Waals surface area contributed by atoms with Gasteiger partial charge in [-0.15, -0.1) is 0 Å². The van der Waals surface area contributed by atoms with Gasteiger partial charge in [0.25, 0.3) is 0 Å². The molecular weight excluding hydrogens is 287 g/mol. The van der Waals surface area contributed by atoms with E-state index < -0.39 is 0 Å². The Labute approximate surface area is 109 Å². The van der Waals surface area contributed by atoms with Gasteiger partial charge >= 0.3 is 0 Å². The highest BCUT2D eigenvalue weighted by Crippen LogP contribution is 2.28. The van der Waals surface area contributed by atoms with E-state index in [0.29, 0.717) is 12.0 Å². The Morgan fingerprint density at radius 3 is 2.76 bits per heavy atom. The summed E-state index contributed by atoms with van der Waals surface area (Å²) >= 11 is 3.05. The van der Waals surface area contributed by atoms with Gasteiger partial charge in [0, 0.05) is 32.7 Å². The minimum absolute atomic E-state index is 0.0478. The van der Waals surface area contributed by atoms with Crippen LogP contribution in [0.5, 0.6) is 5.75 Å². The molecule has 17 heavy (non-hydrogen) atoms. The maximum absolute atomic E-state index is 13.8. The molecule has 1 fully saturated rings. The van der Waals surface area contributed by atoms with Gasteiger partial charge in [-0.3, -0.25) is 0 Å². The number of benzene rings is 1. The Bertz CT molecular complexity index is 394. The summed E-state index contributed by atoms with van der Waals surface area (Å²) in [6.45, 7) is 4.89. The van der Waals surface area contributed by atoms with Gasteiger partial charge in [0.2, 0.25) is 0 Å². The predicted molar refractivity (Wildman–Crippen MR) is 68.8 cm³/mol. The number of aromatic hydroxyl groups is 1. The number of hydrogen-bond acceptors (Lipinski definition) is 3. The molecule has 1 aliphatic heterocycles. The lowest BCUT2D eigenvalue weighted by Crippen LogP contribution is -2.44. The normalized spacial score (nSPS) is 17.3. The Balaban J connectivity index is 1.96. The molecule has 1 aliphatic rings. The molecule has 0 radical (unpaired) electrons. The van der Waals surface area contributed by atoms with Crippen LogP contribution in [0.4, 0.5) is 4.39 Å². The van der Waals surface area contributed by atoms with Crippen molar-refractivity contribution in [2.75, 3.05) is 32.7 Å². The molecule has 0 saturated carbocycles. The number of hydrogen-bond donors (Lipinski definition) is 2. The van der Waals surface area contributed by atoms with Gasteiger partial charge in [0.1, 0.15) is 11.6 Å². The highest BCUT2D eigenvalue weighted by molar-refractivity contribution is 9.10. The van der Waals surface area contributed by atoms with Gasteiger partial charge in [-0.2, -0.15) is 0 Å². The van der Waals surface area contributed by atoms with Crippen molar-refractivity contribution in [1.82, 2.24) is 10.2 Å². The number of piperazine rings is 1. The number of phenolic OH excluding ortho intramolecular Hbond substituents is 1. The average Bonchev–Trinajstić information content (AvgIpc) is 2.36. The Morgan fingerprint density at radius 1 is 1.35 bits per heavy atom. The van der Waals surface area contributed by atoms with E-state index in [1.807, 2.05) is 0 Å². The number of phenols is 1. The third-order valence-corrected chi connectivity index (χ3v) is 3.80. The standard InChI is InChI=1S/C12H16BrFN2O/c13-11-10(17)2-1-9(12(11)14)3-6-16-7-4-15-5-8-16/h1-2,15,17H,3-8H2. The fourth-order valence-corrected chi connectivity index (χ4v) is 2.37. The molecule has 2 rings (SSSR count). The second kappa shape index (κ2) is 5.80. The van der Waals surface area contributed by atoms with Gasteiger partial charge in [-0.1, -0.05) is 6.07 Å². The number of nitrogens with one attached hydrogen (secondary N) is 1. The monoisotopic (exact) mass is 302 g/mol. The summed E-state index contributed by atoms with van der Waals surface area (Å²) in [6, 6.07) is 3.18. The Morgan fingerprint density at radius 2 is 2.06 bits per heavy atom. The first-order valence-corrected chi connectivity index (χ1v) is 6.56. The van der Waals surface area contributed by atoms with E-state index in [1.165, 1.54) is 6.07 Å². The highest BCUT2D eigenvalue weighted by atomic mass is 79.9. The Kier molecular flexibility index (Phi) is 4.36. The fourth-order valence-electron chi connectivity index (χ4n) is 1.99. The van der Waals surface area contributed by atoms with E-state index in [9.17, 15) is 9.50 Å². The van der Waals surface area contributed by atoms with Crippen molar-refractivity contribution in [2.24, 2.45) is 0 Å². The van der Waals surface area contributed by atoms with E-state index in [-0.39, 0.29) is 16.0 Å². The lowest BCUT2D eigenvalue weighted by molar-refractivity contribution is 0.243. The van der Waals surface area contributed by atoms with Crippen molar-refractivity contribution < 1.29 is 9.50 Å². The zero-order valence-corrected chi connectivity index (χ0v) is 11.1. The molecule has 94 valence electrons. The minimum Gasteiger partial charge on any atom is -0.507 e. The first-order valence-electron chi connectivity index (χ1n) is 5.77. The molecule has 1 aromatic rings. The summed E-state index contributed by atoms with van der Waals surface area (Å²) in [6.07, 6.45) is 0.671. The summed E-state index contributed by atoms with van der Waals surface area (Å²) in [5.41, 5.74) is 0.646. The quantitative estimate of drug-likeness (QED) is 0.893. The van der Waals surface area contributed by atoms with Crippen molar-refractivity contribution >= 4 is 15.9 Å².